The van der Waals surface area contributed by atoms with Crippen LogP contribution >= 0.6 is 23.2 Å². The van der Waals surface area contributed by atoms with Crippen molar-refractivity contribution in [3.63, 3.8) is 0 Å². The van der Waals surface area contributed by atoms with Gasteiger partial charge in [0.1, 0.15) is 12.8 Å². The first-order chi connectivity index (χ1) is 12.5. The lowest BCUT2D eigenvalue weighted by Crippen LogP contribution is -2.42. The van der Waals surface area contributed by atoms with Crippen LogP contribution in [0.1, 0.15) is 23.2 Å². The zero-order chi connectivity index (χ0) is 18.5. The van der Waals surface area contributed by atoms with Crippen LogP contribution in [0.15, 0.2) is 35.1 Å². The minimum absolute atomic E-state index is 0.103. The second-order valence-corrected chi connectivity index (χ2v) is 6.78. The molecule has 1 saturated heterocycles. The van der Waals surface area contributed by atoms with E-state index in [4.69, 9.17) is 27.9 Å². The lowest BCUT2D eigenvalue weighted by molar-refractivity contribution is -0.117. The molecule has 0 aliphatic carbocycles. The number of halogens is 2. The van der Waals surface area contributed by atoms with Gasteiger partial charge in [0, 0.05) is 34.8 Å². The molecule has 2 heterocycles. The molecule has 2 aromatic rings. The molecule has 1 N–H and O–H groups in total. The fraction of sp³-hybridized carbons (Fsp3) is 0.353. The average Bonchev–Trinajstić information content (AvgIpc) is 3.26. The van der Waals surface area contributed by atoms with Gasteiger partial charge in [0.15, 0.2) is 5.82 Å². The van der Waals surface area contributed by atoms with E-state index in [1.165, 1.54) is 29.4 Å². The van der Waals surface area contributed by atoms with Crippen LogP contribution in [0, 0.1) is 0 Å². The summed E-state index contributed by atoms with van der Waals surface area (Å²) in [5.41, 5.74) is 0.315. The Labute approximate surface area is 160 Å². The number of hydrogen-bond acceptors (Lipinski definition) is 5. The van der Waals surface area contributed by atoms with Crippen molar-refractivity contribution >= 4 is 40.8 Å². The molecule has 1 fully saturated rings. The first-order valence-electron chi connectivity index (χ1n) is 8.08. The van der Waals surface area contributed by atoms with E-state index < -0.39 is 5.91 Å². The van der Waals surface area contributed by atoms with Crippen molar-refractivity contribution in [1.29, 1.82) is 0 Å². The third-order valence-corrected chi connectivity index (χ3v) is 4.32. The minimum atomic E-state index is -0.390. The van der Waals surface area contributed by atoms with Gasteiger partial charge in [-0.1, -0.05) is 28.4 Å². The van der Waals surface area contributed by atoms with Gasteiger partial charge in [0.2, 0.25) is 5.91 Å². The Hall–Kier alpha value is -2.09. The van der Waals surface area contributed by atoms with E-state index in [-0.39, 0.29) is 24.4 Å². The highest BCUT2D eigenvalue weighted by Gasteiger charge is 2.26. The van der Waals surface area contributed by atoms with Crippen molar-refractivity contribution in [3.05, 3.63) is 46.1 Å². The molecule has 26 heavy (non-hydrogen) atoms. The number of ether oxygens (including phenoxy) is 1. The molecule has 1 aromatic carbocycles. The molecule has 1 atom stereocenters. The van der Waals surface area contributed by atoms with Gasteiger partial charge in [0.05, 0.1) is 6.10 Å². The topological polar surface area (TPSA) is 84.7 Å². The highest BCUT2D eigenvalue weighted by molar-refractivity contribution is 6.35. The smallest absolute Gasteiger partial charge is 0.254 e. The molecule has 1 aromatic heterocycles. The van der Waals surface area contributed by atoms with Crippen LogP contribution in [0.5, 0.6) is 0 Å². The van der Waals surface area contributed by atoms with Crippen molar-refractivity contribution in [3.8, 4) is 0 Å². The van der Waals surface area contributed by atoms with Crippen molar-refractivity contribution in [2.45, 2.75) is 18.9 Å². The normalized spacial score (nSPS) is 16.5. The Morgan fingerprint density at radius 3 is 2.65 bits per heavy atom. The highest BCUT2D eigenvalue weighted by Crippen LogP contribution is 2.21. The summed E-state index contributed by atoms with van der Waals surface area (Å²) >= 11 is 12.0. The number of amides is 2. The molecule has 0 unspecified atom stereocenters. The second-order valence-electron chi connectivity index (χ2n) is 5.91. The van der Waals surface area contributed by atoms with E-state index in [1.54, 1.807) is 6.07 Å². The van der Waals surface area contributed by atoms with Crippen LogP contribution in [0.2, 0.25) is 10.0 Å². The third-order valence-electron chi connectivity index (χ3n) is 3.88. The first kappa shape index (κ1) is 18.7. The molecular formula is C17H17Cl2N3O4. The van der Waals surface area contributed by atoms with E-state index in [0.717, 1.165) is 12.8 Å². The number of carbonyl (C=O) groups excluding carboxylic acids is 2. The van der Waals surface area contributed by atoms with Crippen LogP contribution in [0.3, 0.4) is 0 Å². The number of nitrogens with one attached hydrogen (secondary N) is 1. The average molecular weight is 398 g/mol. The number of anilines is 1. The highest BCUT2D eigenvalue weighted by atomic mass is 35.5. The molecule has 138 valence electrons. The molecule has 9 heteroatoms. The maximum absolute atomic E-state index is 12.9. The fourth-order valence-electron chi connectivity index (χ4n) is 2.75. The molecule has 0 bridgehead atoms. The minimum Gasteiger partial charge on any atom is -0.376 e. The summed E-state index contributed by atoms with van der Waals surface area (Å²) in [5.74, 6) is -0.455. The maximum atomic E-state index is 12.9. The van der Waals surface area contributed by atoms with E-state index in [2.05, 4.69) is 15.0 Å². The van der Waals surface area contributed by atoms with E-state index >= 15 is 0 Å². The molecule has 0 spiro atoms. The SMILES string of the molecule is O=C(CN(C[C@H]1CCCO1)C(=O)c1cc(Cl)cc(Cl)c1)Nc1ccon1. The monoisotopic (exact) mass is 397 g/mol. The first-order valence-corrected chi connectivity index (χ1v) is 8.84. The number of rotatable bonds is 6. The zero-order valence-electron chi connectivity index (χ0n) is 13.8. The Morgan fingerprint density at radius 1 is 1.27 bits per heavy atom. The number of nitrogens with zero attached hydrogens (tertiary/aromatic N) is 2. The van der Waals surface area contributed by atoms with Gasteiger partial charge < -0.3 is 19.5 Å². The molecule has 7 nitrogen and oxygen atoms in total. The van der Waals surface area contributed by atoms with Gasteiger partial charge in [-0.2, -0.15) is 0 Å². The Bertz CT molecular complexity index is 756. The molecule has 0 radical (unpaired) electrons. The van der Waals surface area contributed by atoms with Crippen molar-refractivity contribution in [2.24, 2.45) is 0 Å². The Morgan fingerprint density at radius 2 is 2.04 bits per heavy atom. The van der Waals surface area contributed by atoms with Crippen molar-refractivity contribution in [2.75, 3.05) is 25.0 Å². The summed E-state index contributed by atoms with van der Waals surface area (Å²) in [4.78, 5) is 26.6. The van der Waals surface area contributed by atoms with E-state index in [1.807, 2.05) is 0 Å². The largest absolute Gasteiger partial charge is 0.376 e. The van der Waals surface area contributed by atoms with E-state index in [0.29, 0.717) is 28.8 Å². The van der Waals surface area contributed by atoms with Crippen LogP contribution in [-0.2, 0) is 9.53 Å². The lowest BCUT2D eigenvalue weighted by atomic mass is 10.1. The summed E-state index contributed by atoms with van der Waals surface area (Å²) in [5, 5.41) is 6.90. The number of hydrogen-bond donors (Lipinski definition) is 1. The third kappa shape index (κ3) is 4.97. The summed E-state index contributed by atoms with van der Waals surface area (Å²) in [6, 6.07) is 6.10. The van der Waals surface area contributed by atoms with Crippen molar-refractivity contribution in [1.82, 2.24) is 10.1 Å². The number of benzene rings is 1. The van der Waals surface area contributed by atoms with Gasteiger partial charge in [-0.3, -0.25) is 9.59 Å². The van der Waals surface area contributed by atoms with Gasteiger partial charge >= 0.3 is 0 Å². The van der Waals surface area contributed by atoms with Crippen LogP contribution < -0.4 is 5.32 Å². The van der Waals surface area contributed by atoms with Gasteiger partial charge in [-0.15, -0.1) is 0 Å². The maximum Gasteiger partial charge on any atom is 0.254 e. The summed E-state index contributed by atoms with van der Waals surface area (Å²) in [6.07, 6.45) is 3.01. The second kappa shape index (κ2) is 8.53. The van der Waals surface area contributed by atoms with Crippen LogP contribution in [0.4, 0.5) is 5.82 Å². The number of carbonyl (C=O) groups is 2. The molecule has 1 aliphatic rings. The van der Waals surface area contributed by atoms with Gasteiger partial charge in [-0.25, -0.2) is 0 Å². The molecule has 2 amide bonds. The van der Waals surface area contributed by atoms with Crippen LogP contribution in [-0.4, -0.2) is 47.7 Å². The van der Waals surface area contributed by atoms with Crippen LogP contribution in [0.25, 0.3) is 0 Å². The van der Waals surface area contributed by atoms with Gasteiger partial charge in [-0.05, 0) is 31.0 Å². The molecule has 1 aliphatic heterocycles. The number of aromatic nitrogens is 1. The van der Waals surface area contributed by atoms with Crippen molar-refractivity contribution < 1.29 is 18.8 Å². The van der Waals surface area contributed by atoms with E-state index in [9.17, 15) is 9.59 Å². The molecule has 0 saturated carbocycles. The predicted molar refractivity (Wildman–Crippen MR) is 96.5 cm³/mol. The fourth-order valence-corrected chi connectivity index (χ4v) is 3.27. The Balaban J connectivity index is 1.75. The Kier molecular flexibility index (Phi) is 6.13. The molecular weight excluding hydrogens is 381 g/mol. The molecule has 3 rings (SSSR count). The standard InChI is InChI=1S/C17H17Cl2N3O4/c18-12-6-11(7-13(19)8-12)17(24)22(9-14-2-1-4-25-14)10-16(23)20-15-3-5-26-21-15/h3,5-8,14H,1-2,4,9-10H2,(H,20,21,23)/t14-/m1/s1. The zero-order valence-corrected chi connectivity index (χ0v) is 15.3. The summed E-state index contributed by atoms with van der Waals surface area (Å²) in [6.45, 7) is 0.797. The van der Waals surface area contributed by atoms with Gasteiger partial charge in [0.25, 0.3) is 5.91 Å². The summed E-state index contributed by atoms with van der Waals surface area (Å²) in [7, 11) is 0. The summed E-state index contributed by atoms with van der Waals surface area (Å²) < 4.78 is 10.3. The quantitative estimate of drug-likeness (QED) is 0.808. The predicted octanol–water partition coefficient (Wildman–Crippen LogP) is 3.24. The lowest BCUT2D eigenvalue weighted by Gasteiger charge is -2.25.